The molecule has 0 atom stereocenters. The van der Waals surface area contributed by atoms with Gasteiger partial charge in [0.2, 0.25) is 0 Å². The number of para-hydroxylation sites is 2. The molecule has 0 amide bonds. The topological polar surface area (TPSA) is 34.6 Å². The molecule has 0 radical (unpaired) electrons. The first-order valence-corrected chi connectivity index (χ1v) is 27.6. The van der Waals surface area contributed by atoms with Gasteiger partial charge in [-0.05, 0) is 89.6 Å². The van der Waals surface area contributed by atoms with Crippen LogP contribution in [0.2, 0.25) is 0 Å². The van der Waals surface area contributed by atoms with Gasteiger partial charge in [-0.15, -0.1) is 0 Å². The summed E-state index contributed by atoms with van der Waals surface area (Å²) in [7, 11) is -3.13. The van der Waals surface area contributed by atoms with Gasteiger partial charge in [0.15, 0.2) is 8.07 Å². The summed E-state index contributed by atoms with van der Waals surface area (Å²) < 4.78 is 4.91. The smallest absolute Gasteiger partial charge is 0.179 e. The second-order valence-corrected chi connectivity index (χ2v) is 24.7. The van der Waals surface area contributed by atoms with Crippen molar-refractivity contribution in [1.29, 1.82) is 0 Å². The van der Waals surface area contributed by atoms with E-state index in [9.17, 15) is 0 Å². The number of fused-ring (bicyclic) bond motifs is 12. The number of pyridine rings is 2. The third-order valence-corrected chi connectivity index (χ3v) is 20.2. The largest absolute Gasteiger partial charge is 0.292 e. The molecule has 4 aromatic heterocycles. The molecule has 5 heteroatoms. The summed E-state index contributed by atoms with van der Waals surface area (Å²) >= 11 is 0. The Kier molecular flexibility index (Phi) is 10.9. The van der Waals surface area contributed by atoms with E-state index in [2.05, 4.69) is 259 Å². The lowest BCUT2D eigenvalue weighted by molar-refractivity contribution is 0.836. The van der Waals surface area contributed by atoms with Crippen molar-refractivity contribution in [3.05, 3.63) is 217 Å². The maximum Gasteiger partial charge on any atom is 0.179 e. The Labute approximate surface area is 418 Å². The van der Waals surface area contributed by atoms with Crippen LogP contribution in [0.4, 0.5) is 0 Å². The normalized spacial score (nSPS) is 12.5. The Balaban J connectivity index is 1.19. The molecular formula is C66H60N4Si. The zero-order valence-corrected chi connectivity index (χ0v) is 43.1. The third kappa shape index (κ3) is 6.84. The maximum absolute atomic E-state index is 5.45. The first-order valence-electron chi connectivity index (χ1n) is 25.6. The van der Waals surface area contributed by atoms with Gasteiger partial charge in [0.05, 0.1) is 34.8 Å². The lowest BCUT2D eigenvalue weighted by Crippen LogP contribution is -2.74. The standard InChI is InChI=1S/C66H60N4Si/c1-41(2)49-27-19-28-50(42(3)4)63(49)61-39-67-65-57-37-47(33-35-53(57)55-25-15-17-31-59(55)69(61)65)71(45-21-11-9-12-22-45,46-23-13-10-14-24-46)48-34-36-54-56-26-16-18-32-60(56)70-62(40-68-66(70)58(54)38-48)64-51(43(5)6)29-20-30-52(64)44(7)8/h9-44H,1-8H3. The van der Waals surface area contributed by atoms with Crippen molar-refractivity contribution in [2.75, 3.05) is 0 Å². The molecule has 0 aliphatic carbocycles. The number of benzene rings is 8. The Morgan fingerprint density at radius 3 is 1.04 bits per heavy atom. The molecule has 0 saturated carbocycles. The minimum absolute atomic E-state index is 0.346. The quantitative estimate of drug-likeness (QED) is 0.0778. The van der Waals surface area contributed by atoms with Crippen LogP contribution in [0, 0.1) is 0 Å². The van der Waals surface area contributed by atoms with Gasteiger partial charge < -0.3 is 0 Å². The van der Waals surface area contributed by atoms with Crippen molar-refractivity contribution >= 4 is 83.5 Å². The molecule has 12 aromatic rings. The minimum atomic E-state index is -3.13. The molecule has 0 saturated heterocycles. The van der Waals surface area contributed by atoms with E-state index in [-0.39, 0.29) is 0 Å². The summed E-state index contributed by atoms with van der Waals surface area (Å²) in [4.78, 5) is 10.9. The van der Waals surface area contributed by atoms with Crippen LogP contribution in [0.25, 0.3) is 77.2 Å². The molecule has 4 nitrogen and oxygen atoms in total. The lowest BCUT2D eigenvalue weighted by Gasteiger charge is -2.35. The minimum Gasteiger partial charge on any atom is -0.292 e. The fourth-order valence-corrected chi connectivity index (χ4v) is 17.0. The van der Waals surface area contributed by atoms with E-state index in [0.717, 1.165) is 33.5 Å². The van der Waals surface area contributed by atoms with E-state index in [0.29, 0.717) is 23.7 Å². The zero-order valence-electron chi connectivity index (χ0n) is 42.1. The van der Waals surface area contributed by atoms with Crippen molar-refractivity contribution < 1.29 is 0 Å². The van der Waals surface area contributed by atoms with E-state index in [1.165, 1.54) is 86.7 Å². The number of nitrogens with zero attached hydrogens (tertiary/aromatic N) is 4. The SMILES string of the molecule is CC(C)c1cccc(C(C)C)c1-c1cnc2c3cc([Si](c4ccccc4)(c4ccccc4)c4ccc5c6ccccc6n6c(-c7c(C(C)C)cccc7C(C)C)cnc6c5c4)ccc3c3ccccc3n12. The van der Waals surface area contributed by atoms with E-state index < -0.39 is 8.07 Å². The van der Waals surface area contributed by atoms with Crippen molar-refractivity contribution in [2.45, 2.75) is 79.1 Å². The number of aromatic nitrogens is 4. The molecule has 0 aliphatic rings. The summed E-state index contributed by atoms with van der Waals surface area (Å²) in [5.74, 6) is 1.39. The molecule has 0 aliphatic heterocycles. The first-order chi connectivity index (χ1) is 34.6. The van der Waals surface area contributed by atoms with Gasteiger partial charge in [-0.25, -0.2) is 9.97 Å². The summed E-state index contributed by atoms with van der Waals surface area (Å²) in [6.07, 6.45) is 4.28. The van der Waals surface area contributed by atoms with Crippen LogP contribution in [0.1, 0.15) is 101 Å². The van der Waals surface area contributed by atoms with Crippen LogP contribution >= 0.6 is 0 Å². The summed E-state index contributed by atoms with van der Waals surface area (Å²) in [6.45, 7) is 18.5. The van der Waals surface area contributed by atoms with Gasteiger partial charge in [-0.1, -0.05) is 225 Å². The lowest BCUT2D eigenvalue weighted by atomic mass is 9.87. The molecule has 12 rings (SSSR count). The molecule has 71 heavy (non-hydrogen) atoms. The average molecular weight is 937 g/mol. The fourth-order valence-electron chi connectivity index (χ4n) is 12.2. The first kappa shape index (κ1) is 44.6. The highest BCUT2D eigenvalue weighted by molar-refractivity contribution is 7.20. The fraction of sp³-hybridized carbons (Fsp3) is 0.182. The predicted molar refractivity (Wildman–Crippen MR) is 305 cm³/mol. The van der Waals surface area contributed by atoms with Crippen molar-refractivity contribution in [3.8, 4) is 22.5 Å². The number of hydrogen-bond donors (Lipinski definition) is 0. The molecule has 0 spiro atoms. The number of hydrogen-bond acceptors (Lipinski definition) is 2. The van der Waals surface area contributed by atoms with Crippen LogP contribution in [0.15, 0.2) is 194 Å². The van der Waals surface area contributed by atoms with Crippen molar-refractivity contribution in [2.24, 2.45) is 0 Å². The number of rotatable bonds is 10. The summed E-state index contributed by atoms with van der Waals surface area (Å²) in [5, 5.41) is 12.4. The molecule has 4 heterocycles. The summed E-state index contributed by atoms with van der Waals surface area (Å²) in [5.41, 5.74) is 14.6. The van der Waals surface area contributed by atoms with Gasteiger partial charge in [0.1, 0.15) is 11.3 Å². The van der Waals surface area contributed by atoms with Gasteiger partial charge >= 0.3 is 0 Å². The second-order valence-electron chi connectivity index (χ2n) is 20.9. The highest BCUT2D eigenvalue weighted by atomic mass is 28.3. The van der Waals surface area contributed by atoms with E-state index in [1.807, 2.05) is 0 Å². The van der Waals surface area contributed by atoms with Crippen LogP contribution in [0.5, 0.6) is 0 Å². The van der Waals surface area contributed by atoms with Crippen LogP contribution in [0.3, 0.4) is 0 Å². The third-order valence-electron chi connectivity index (χ3n) is 15.5. The van der Waals surface area contributed by atoms with Gasteiger partial charge in [-0.3, -0.25) is 8.80 Å². The molecular weight excluding hydrogens is 877 g/mol. The number of imidazole rings is 2. The Morgan fingerprint density at radius 2 is 0.676 bits per heavy atom. The van der Waals surface area contributed by atoms with Crippen molar-refractivity contribution in [1.82, 2.24) is 18.8 Å². The molecule has 0 bridgehead atoms. The van der Waals surface area contributed by atoms with Crippen LogP contribution in [-0.4, -0.2) is 26.8 Å². The van der Waals surface area contributed by atoms with E-state index in [4.69, 9.17) is 9.97 Å². The Morgan fingerprint density at radius 1 is 0.324 bits per heavy atom. The van der Waals surface area contributed by atoms with Gasteiger partial charge in [0, 0.05) is 32.7 Å². The van der Waals surface area contributed by atoms with E-state index >= 15 is 0 Å². The van der Waals surface area contributed by atoms with Gasteiger partial charge in [0.25, 0.3) is 0 Å². The Bertz CT molecular complexity index is 3690. The highest BCUT2D eigenvalue weighted by Gasteiger charge is 2.42. The molecule has 8 aromatic carbocycles. The Hall–Kier alpha value is -7.60. The predicted octanol–water partition coefficient (Wildman–Crippen LogP) is 14.8. The summed E-state index contributed by atoms with van der Waals surface area (Å²) in [6, 6.07) is 68.9. The zero-order chi connectivity index (χ0) is 48.7. The highest BCUT2D eigenvalue weighted by Crippen LogP contribution is 2.42. The van der Waals surface area contributed by atoms with Crippen LogP contribution in [-0.2, 0) is 0 Å². The molecule has 0 unspecified atom stereocenters. The molecule has 348 valence electrons. The van der Waals surface area contributed by atoms with E-state index in [1.54, 1.807) is 0 Å². The molecule has 0 N–H and O–H groups in total. The maximum atomic E-state index is 5.45. The second kappa shape index (κ2) is 17.4. The monoisotopic (exact) mass is 936 g/mol. The van der Waals surface area contributed by atoms with Crippen molar-refractivity contribution in [3.63, 3.8) is 0 Å². The van der Waals surface area contributed by atoms with Crippen LogP contribution < -0.4 is 20.7 Å². The average Bonchev–Trinajstić information content (AvgIpc) is 4.06. The van der Waals surface area contributed by atoms with Gasteiger partial charge in [-0.2, -0.15) is 0 Å². The molecule has 0 fully saturated rings.